The molecule has 15 heavy (non-hydrogen) atoms. The number of carbonyl (C=O) groups excluding carboxylic acids is 1. The second-order valence-electron chi connectivity index (χ2n) is 2.37. The van der Waals surface area contributed by atoms with Gasteiger partial charge in [0.05, 0.1) is 10.2 Å². The van der Waals surface area contributed by atoms with E-state index in [2.05, 4.69) is 25.7 Å². The highest BCUT2D eigenvalue weighted by atomic mass is 79.9. The van der Waals surface area contributed by atoms with Crippen LogP contribution in [0.15, 0.2) is 27.7 Å². The van der Waals surface area contributed by atoms with Crippen molar-refractivity contribution in [3.05, 3.63) is 22.7 Å². The Morgan fingerprint density at radius 3 is 2.53 bits per heavy atom. The summed E-state index contributed by atoms with van der Waals surface area (Å²) in [5, 5.41) is 0. The van der Waals surface area contributed by atoms with E-state index >= 15 is 0 Å². The Morgan fingerprint density at radius 2 is 2.07 bits per heavy atom. The molecule has 0 heterocycles. The first kappa shape index (κ1) is 11.7. The predicted molar refractivity (Wildman–Crippen MR) is 48.6 cm³/mol. The number of hydrogen-bond acceptors (Lipinski definition) is 3. The van der Waals surface area contributed by atoms with E-state index in [1.54, 1.807) is 0 Å². The van der Waals surface area contributed by atoms with Gasteiger partial charge in [-0.15, -0.1) is 13.2 Å². The molecule has 80 valence electrons. The fourth-order valence-electron chi connectivity index (χ4n) is 0.819. The van der Waals surface area contributed by atoms with Crippen LogP contribution in [-0.4, -0.2) is 12.4 Å². The second-order valence-corrected chi connectivity index (χ2v) is 3.22. The third kappa shape index (κ3) is 3.73. The Kier molecular flexibility index (Phi) is 3.49. The van der Waals surface area contributed by atoms with Gasteiger partial charge in [-0.2, -0.15) is 4.99 Å². The molecule has 1 aromatic carbocycles. The maximum absolute atomic E-state index is 11.8. The molecule has 0 aromatic heterocycles. The summed E-state index contributed by atoms with van der Waals surface area (Å²) in [7, 11) is 0. The molecule has 0 N–H and O–H groups in total. The van der Waals surface area contributed by atoms with E-state index < -0.39 is 12.1 Å². The van der Waals surface area contributed by atoms with Gasteiger partial charge >= 0.3 is 6.36 Å². The Balaban J connectivity index is 2.98. The average molecular weight is 282 g/mol. The summed E-state index contributed by atoms with van der Waals surface area (Å²) in [6.07, 6.45) is -3.48. The molecule has 0 amide bonds. The third-order valence-electron chi connectivity index (χ3n) is 1.32. The summed E-state index contributed by atoms with van der Waals surface area (Å²) in [5.41, 5.74) is 0.186. The maximum Gasteiger partial charge on any atom is 0.573 e. The molecular formula is C8H3BrF3NO2. The number of benzene rings is 1. The minimum atomic E-state index is -4.75. The van der Waals surface area contributed by atoms with Crippen LogP contribution in [0.25, 0.3) is 0 Å². The van der Waals surface area contributed by atoms with Crippen LogP contribution in [0.3, 0.4) is 0 Å². The van der Waals surface area contributed by atoms with Crippen LogP contribution < -0.4 is 4.74 Å². The smallest absolute Gasteiger partial charge is 0.405 e. The molecule has 0 aliphatic heterocycles. The van der Waals surface area contributed by atoms with E-state index in [-0.39, 0.29) is 10.2 Å². The van der Waals surface area contributed by atoms with Crippen molar-refractivity contribution in [2.45, 2.75) is 6.36 Å². The van der Waals surface area contributed by atoms with Crippen LogP contribution in [0.2, 0.25) is 0 Å². The number of aliphatic imine (C=N–C) groups is 1. The molecule has 0 spiro atoms. The van der Waals surface area contributed by atoms with Gasteiger partial charge in [-0.3, -0.25) is 0 Å². The van der Waals surface area contributed by atoms with Crippen LogP contribution in [0, 0.1) is 0 Å². The topological polar surface area (TPSA) is 38.7 Å². The van der Waals surface area contributed by atoms with Gasteiger partial charge in [-0.25, -0.2) is 4.79 Å². The molecule has 0 saturated carbocycles. The van der Waals surface area contributed by atoms with E-state index in [0.717, 1.165) is 6.07 Å². The first-order valence-corrected chi connectivity index (χ1v) is 4.35. The summed E-state index contributed by atoms with van der Waals surface area (Å²) in [6, 6.07) is 3.47. The van der Waals surface area contributed by atoms with Crippen molar-refractivity contribution in [2.75, 3.05) is 0 Å². The fourth-order valence-corrected chi connectivity index (χ4v) is 1.27. The lowest BCUT2D eigenvalue weighted by atomic mass is 10.3. The lowest BCUT2D eigenvalue weighted by Crippen LogP contribution is -2.17. The highest BCUT2D eigenvalue weighted by molar-refractivity contribution is 9.10. The van der Waals surface area contributed by atoms with Crippen LogP contribution in [0.1, 0.15) is 0 Å². The quantitative estimate of drug-likeness (QED) is 0.616. The summed E-state index contributed by atoms with van der Waals surface area (Å²) in [6.45, 7) is 0. The molecule has 7 heteroatoms. The van der Waals surface area contributed by atoms with Crippen LogP contribution >= 0.6 is 15.9 Å². The Labute approximate surface area is 90.7 Å². The van der Waals surface area contributed by atoms with E-state index in [0.29, 0.717) is 0 Å². The Hall–Kier alpha value is -1.33. The number of halogens is 4. The highest BCUT2D eigenvalue weighted by Gasteiger charge is 2.31. The zero-order chi connectivity index (χ0) is 11.5. The molecule has 0 unspecified atom stereocenters. The van der Waals surface area contributed by atoms with Crippen molar-refractivity contribution in [1.29, 1.82) is 0 Å². The SMILES string of the molecule is O=C=Nc1ccc(OC(F)(F)F)c(Br)c1. The zero-order valence-electron chi connectivity index (χ0n) is 7.01. The molecule has 0 bridgehead atoms. The van der Waals surface area contributed by atoms with Gasteiger partial charge in [0.1, 0.15) is 5.75 Å². The van der Waals surface area contributed by atoms with Gasteiger partial charge in [0, 0.05) is 0 Å². The third-order valence-corrected chi connectivity index (χ3v) is 1.94. The van der Waals surface area contributed by atoms with Gasteiger partial charge in [-0.05, 0) is 34.1 Å². The van der Waals surface area contributed by atoms with Gasteiger partial charge < -0.3 is 4.74 Å². The van der Waals surface area contributed by atoms with Crippen molar-refractivity contribution in [3.63, 3.8) is 0 Å². The van der Waals surface area contributed by atoms with Gasteiger partial charge in [0.15, 0.2) is 0 Å². The van der Waals surface area contributed by atoms with Crippen molar-refractivity contribution < 1.29 is 22.7 Å². The number of alkyl halides is 3. The standard InChI is InChI=1S/C8H3BrF3NO2/c9-6-3-5(13-4-14)1-2-7(6)15-8(10,11)12/h1-3H. The maximum atomic E-state index is 11.8. The number of ether oxygens (including phenoxy) is 1. The van der Waals surface area contributed by atoms with Crippen molar-refractivity contribution in [1.82, 2.24) is 0 Å². The van der Waals surface area contributed by atoms with Crippen molar-refractivity contribution in [2.24, 2.45) is 4.99 Å². The molecule has 3 nitrogen and oxygen atoms in total. The molecule has 1 aromatic rings. The zero-order valence-corrected chi connectivity index (χ0v) is 8.59. The number of isocyanates is 1. The highest BCUT2D eigenvalue weighted by Crippen LogP contribution is 2.32. The minimum absolute atomic E-state index is 0.0522. The summed E-state index contributed by atoms with van der Waals surface area (Å²) in [5.74, 6) is -0.396. The first-order valence-electron chi connectivity index (χ1n) is 3.55. The van der Waals surface area contributed by atoms with Crippen molar-refractivity contribution in [3.8, 4) is 5.75 Å². The van der Waals surface area contributed by atoms with E-state index in [1.807, 2.05) is 0 Å². The molecule has 0 radical (unpaired) electrons. The molecule has 0 atom stereocenters. The Morgan fingerprint density at radius 1 is 1.40 bits per heavy atom. The molecule has 1 rings (SSSR count). The number of nitrogens with zero attached hydrogens (tertiary/aromatic N) is 1. The monoisotopic (exact) mass is 281 g/mol. The second kappa shape index (κ2) is 4.46. The lowest BCUT2D eigenvalue weighted by Gasteiger charge is -2.10. The lowest BCUT2D eigenvalue weighted by molar-refractivity contribution is -0.274. The normalized spacial score (nSPS) is 10.7. The van der Waals surface area contributed by atoms with Crippen LogP contribution in [-0.2, 0) is 4.79 Å². The van der Waals surface area contributed by atoms with E-state index in [1.165, 1.54) is 18.2 Å². The summed E-state index contributed by atoms with van der Waals surface area (Å²) in [4.78, 5) is 13.1. The van der Waals surface area contributed by atoms with Crippen molar-refractivity contribution >= 4 is 27.7 Å². The number of hydrogen-bond donors (Lipinski definition) is 0. The summed E-state index contributed by atoms with van der Waals surface area (Å²) >= 11 is 2.85. The largest absolute Gasteiger partial charge is 0.573 e. The fraction of sp³-hybridized carbons (Fsp3) is 0.125. The molecule has 0 saturated heterocycles. The van der Waals surface area contributed by atoms with Crippen LogP contribution in [0.4, 0.5) is 18.9 Å². The Bertz CT molecular complexity index is 413. The molecular weight excluding hydrogens is 279 g/mol. The minimum Gasteiger partial charge on any atom is -0.405 e. The van der Waals surface area contributed by atoms with E-state index in [9.17, 15) is 18.0 Å². The van der Waals surface area contributed by atoms with Crippen LogP contribution in [0.5, 0.6) is 5.75 Å². The average Bonchev–Trinajstić information content (AvgIpc) is 2.08. The van der Waals surface area contributed by atoms with Gasteiger partial charge in [-0.1, -0.05) is 0 Å². The van der Waals surface area contributed by atoms with Gasteiger partial charge in [0.2, 0.25) is 6.08 Å². The molecule has 0 aliphatic carbocycles. The number of rotatable bonds is 2. The molecule has 0 fully saturated rings. The van der Waals surface area contributed by atoms with E-state index in [4.69, 9.17) is 0 Å². The van der Waals surface area contributed by atoms with Gasteiger partial charge in [0.25, 0.3) is 0 Å². The summed E-state index contributed by atoms with van der Waals surface area (Å²) < 4.78 is 39.3. The first-order chi connectivity index (χ1) is 6.92. The molecule has 0 aliphatic rings. The predicted octanol–water partition coefficient (Wildman–Crippen LogP) is 3.32.